The first-order valence-corrected chi connectivity index (χ1v) is 9.37. The maximum Gasteiger partial charge on any atom is 0.314 e. The summed E-state index contributed by atoms with van der Waals surface area (Å²) in [5.41, 5.74) is 1.19. The highest BCUT2D eigenvalue weighted by molar-refractivity contribution is 7.09. The lowest BCUT2D eigenvalue weighted by Crippen LogP contribution is -2.42. The second-order valence-corrected chi connectivity index (χ2v) is 6.96. The first-order valence-electron chi connectivity index (χ1n) is 8.49. The molecule has 1 fully saturated rings. The van der Waals surface area contributed by atoms with E-state index in [1.165, 1.54) is 10.7 Å². The fraction of sp³-hybridized carbons (Fsp3) is 0.750. The maximum atomic E-state index is 11.6. The summed E-state index contributed by atoms with van der Waals surface area (Å²) >= 11 is 1.75. The molecule has 7 heteroatoms. The molecule has 0 saturated carbocycles. The number of aryl methyl sites for hydroxylation is 1. The number of piperidine rings is 1. The van der Waals surface area contributed by atoms with Gasteiger partial charge in [0.15, 0.2) is 0 Å². The van der Waals surface area contributed by atoms with Crippen LogP contribution in [0, 0.1) is 5.92 Å². The van der Waals surface area contributed by atoms with E-state index < -0.39 is 0 Å². The van der Waals surface area contributed by atoms with Crippen molar-refractivity contribution in [2.45, 2.75) is 39.2 Å². The van der Waals surface area contributed by atoms with Crippen molar-refractivity contribution >= 4 is 17.4 Å². The van der Waals surface area contributed by atoms with Crippen LogP contribution in [0.1, 0.15) is 36.9 Å². The number of aromatic nitrogens is 1. The molecule has 1 aromatic rings. The fourth-order valence-corrected chi connectivity index (χ4v) is 3.48. The van der Waals surface area contributed by atoms with Gasteiger partial charge in [-0.3, -0.25) is 4.90 Å². The van der Waals surface area contributed by atoms with E-state index >= 15 is 0 Å². The molecule has 0 radical (unpaired) electrons. The normalized spacial score (nSPS) is 16.4. The Kier molecular flexibility index (Phi) is 7.78. The van der Waals surface area contributed by atoms with Crippen LogP contribution in [0.5, 0.6) is 0 Å². The van der Waals surface area contributed by atoms with Gasteiger partial charge in [-0.25, -0.2) is 9.78 Å². The van der Waals surface area contributed by atoms with Crippen LogP contribution in [0.4, 0.5) is 4.79 Å². The highest BCUT2D eigenvalue weighted by Crippen LogP contribution is 2.19. The van der Waals surface area contributed by atoms with E-state index in [4.69, 9.17) is 5.11 Å². The van der Waals surface area contributed by atoms with Crippen LogP contribution in [-0.2, 0) is 13.0 Å². The van der Waals surface area contributed by atoms with Gasteiger partial charge in [0.05, 0.1) is 10.7 Å². The minimum atomic E-state index is -0.129. The second kappa shape index (κ2) is 9.85. The molecule has 0 aliphatic carbocycles. The van der Waals surface area contributed by atoms with Gasteiger partial charge in [0, 0.05) is 31.6 Å². The molecule has 1 aromatic heterocycles. The Hall–Kier alpha value is -1.18. The SMILES string of the molecule is CCc1nc(CN2CCC(CNC(=O)NCCCO)CC2)cs1. The maximum absolute atomic E-state index is 11.6. The molecular weight excluding hydrogens is 312 g/mol. The predicted molar refractivity (Wildman–Crippen MR) is 92.6 cm³/mol. The molecule has 1 aliphatic rings. The Morgan fingerprint density at radius 2 is 2.22 bits per heavy atom. The van der Waals surface area contributed by atoms with Crippen molar-refractivity contribution in [1.29, 1.82) is 0 Å². The average molecular weight is 340 g/mol. The number of aliphatic hydroxyl groups is 1. The number of urea groups is 1. The molecule has 1 saturated heterocycles. The number of thiazole rings is 1. The van der Waals surface area contributed by atoms with Gasteiger partial charge in [-0.05, 0) is 44.7 Å². The van der Waals surface area contributed by atoms with Crippen LogP contribution in [-0.4, -0.2) is 53.8 Å². The molecule has 2 rings (SSSR count). The Morgan fingerprint density at radius 1 is 1.43 bits per heavy atom. The molecule has 0 aromatic carbocycles. The zero-order valence-corrected chi connectivity index (χ0v) is 14.7. The van der Waals surface area contributed by atoms with Crippen LogP contribution in [0.25, 0.3) is 0 Å². The van der Waals surface area contributed by atoms with Gasteiger partial charge >= 0.3 is 6.03 Å². The van der Waals surface area contributed by atoms with E-state index in [2.05, 4.69) is 32.8 Å². The van der Waals surface area contributed by atoms with E-state index in [9.17, 15) is 4.79 Å². The fourth-order valence-electron chi connectivity index (χ4n) is 2.74. The van der Waals surface area contributed by atoms with Gasteiger partial charge in [0.2, 0.25) is 0 Å². The van der Waals surface area contributed by atoms with E-state index in [0.717, 1.165) is 45.4 Å². The summed E-state index contributed by atoms with van der Waals surface area (Å²) < 4.78 is 0. The molecule has 0 spiro atoms. The smallest absolute Gasteiger partial charge is 0.314 e. The highest BCUT2D eigenvalue weighted by Gasteiger charge is 2.20. The zero-order chi connectivity index (χ0) is 16.5. The van der Waals surface area contributed by atoms with Crippen molar-refractivity contribution in [3.05, 3.63) is 16.1 Å². The van der Waals surface area contributed by atoms with Crippen molar-refractivity contribution in [3.63, 3.8) is 0 Å². The molecule has 130 valence electrons. The van der Waals surface area contributed by atoms with Gasteiger partial charge in [0.1, 0.15) is 0 Å². The molecule has 2 amide bonds. The first kappa shape index (κ1) is 18.2. The van der Waals surface area contributed by atoms with Crippen molar-refractivity contribution < 1.29 is 9.90 Å². The molecule has 1 aliphatic heterocycles. The number of nitrogens with one attached hydrogen (secondary N) is 2. The third-order valence-electron chi connectivity index (χ3n) is 4.17. The van der Waals surface area contributed by atoms with E-state index in [0.29, 0.717) is 18.9 Å². The van der Waals surface area contributed by atoms with Gasteiger partial charge in [-0.15, -0.1) is 11.3 Å². The molecule has 0 atom stereocenters. The van der Waals surface area contributed by atoms with E-state index in [-0.39, 0.29) is 12.6 Å². The largest absolute Gasteiger partial charge is 0.396 e. The number of hydrogen-bond donors (Lipinski definition) is 3. The van der Waals surface area contributed by atoms with Crippen molar-refractivity contribution in [3.8, 4) is 0 Å². The lowest BCUT2D eigenvalue weighted by molar-refractivity contribution is 0.173. The molecule has 3 N–H and O–H groups in total. The molecule has 23 heavy (non-hydrogen) atoms. The number of carbonyl (C=O) groups is 1. The van der Waals surface area contributed by atoms with Crippen LogP contribution in [0.15, 0.2) is 5.38 Å². The van der Waals surface area contributed by atoms with Crippen LogP contribution in [0.3, 0.4) is 0 Å². The Morgan fingerprint density at radius 3 is 2.87 bits per heavy atom. The first-order chi connectivity index (χ1) is 11.2. The number of aliphatic hydroxyl groups excluding tert-OH is 1. The third-order valence-corrected chi connectivity index (χ3v) is 5.21. The number of likely N-dealkylation sites (tertiary alicyclic amines) is 1. The Bertz CT molecular complexity index is 472. The standard InChI is InChI=1S/C16H28N4O2S/c1-2-15-19-14(12-23-15)11-20-7-4-13(5-8-20)10-18-16(22)17-6-3-9-21/h12-13,21H,2-11H2,1H3,(H2,17,18,22). The summed E-state index contributed by atoms with van der Waals surface area (Å²) in [7, 11) is 0. The Balaban J connectivity index is 1.61. The Labute approximate surface area is 142 Å². The monoisotopic (exact) mass is 340 g/mol. The summed E-state index contributed by atoms with van der Waals surface area (Å²) in [6, 6.07) is -0.129. The quantitative estimate of drug-likeness (QED) is 0.628. The molecular formula is C16H28N4O2S. The van der Waals surface area contributed by atoms with E-state index in [1.54, 1.807) is 11.3 Å². The van der Waals surface area contributed by atoms with Crippen molar-refractivity contribution in [2.24, 2.45) is 5.92 Å². The summed E-state index contributed by atoms with van der Waals surface area (Å²) in [4.78, 5) is 18.7. The third kappa shape index (κ3) is 6.45. The number of carbonyl (C=O) groups excluding carboxylic acids is 1. The zero-order valence-electron chi connectivity index (χ0n) is 13.9. The topological polar surface area (TPSA) is 77.5 Å². The van der Waals surface area contributed by atoms with Crippen LogP contribution >= 0.6 is 11.3 Å². The minimum Gasteiger partial charge on any atom is -0.396 e. The number of hydrogen-bond acceptors (Lipinski definition) is 5. The molecule has 0 unspecified atom stereocenters. The summed E-state index contributed by atoms with van der Waals surface area (Å²) in [6.07, 6.45) is 3.84. The second-order valence-electron chi connectivity index (χ2n) is 6.02. The van der Waals surface area contributed by atoms with E-state index in [1.807, 2.05) is 0 Å². The highest BCUT2D eigenvalue weighted by atomic mass is 32.1. The lowest BCUT2D eigenvalue weighted by atomic mass is 9.97. The number of amides is 2. The molecule has 0 bridgehead atoms. The van der Waals surface area contributed by atoms with Crippen molar-refractivity contribution in [1.82, 2.24) is 20.5 Å². The number of nitrogens with zero attached hydrogens (tertiary/aromatic N) is 2. The average Bonchev–Trinajstić information content (AvgIpc) is 3.02. The van der Waals surface area contributed by atoms with Crippen molar-refractivity contribution in [2.75, 3.05) is 32.8 Å². The minimum absolute atomic E-state index is 0.109. The van der Waals surface area contributed by atoms with Gasteiger partial charge in [0.25, 0.3) is 0 Å². The summed E-state index contributed by atoms with van der Waals surface area (Å²) in [5, 5.41) is 17.7. The predicted octanol–water partition coefficient (Wildman–Crippen LogP) is 1.60. The lowest BCUT2D eigenvalue weighted by Gasteiger charge is -2.31. The summed E-state index contributed by atoms with van der Waals surface area (Å²) in [5.74, 6) is 0.552. The van der Waals surface area contributed by atoms with Crippen LogP contribution < -0.4 is 10.6 Å². The molecule has 6 nitrogen and oxygen atoms in total. The van der Waals surface area contributed by atoms with Gasteiger partial charge in [-0.1, -0.05) is 6.92 Å². The number of rotatable bonds is 8. The molecule has 2 heterocycles. The van der Waals surface area contributed by atoms with Gasteiger partial charge < -0.3 is 15.7 Å². The van der Waals surface area contributed by atoms with Gasteiger partial charge in [-0.2, -0.15) is 0 Å². The van der Waals surface area contributed by atoms with Crippen LogP contribution in [0.2, 0.25) is 0 Å². The summed E-state index contributed by atoms with van der Waals surface area (Å²) in [6.45, 7) is 6.58.